The van der Waals surface area contributed by atoms with Crippen LogP contribution in [0.25, 0.3) is 0 Å². The summed E-state index contributed by atoms with van der Waals surface area (Å²) in [6, 6.07) is 0.126. The van der Waals surface area contributed by atoms with E-state index in [4.69, 9.17) is 0 Å². The van der Waals surface area contributed by atoms with Gasteiger partial charge < -0.3 is 15.5 Å². The van der Waals surface area contributed by atoms with Crippen molar-refractivity contribution < 1.29 is 4.79 Å². The fraction of sp³-hybridized carbons (Fsp3) is 0.833. The lowest BCUT2D eigenvalue weighted by atomic mass is 9.89. The summed E-state index contributed by atoms with van der Waals surface area (Å²) in [6.45, 7) is 4.19. The topological polar surface area (TPSA) is 75.1 Å². The van der Waals surface area contributed by atoms with E-state index in [0.29, 0.717) is 11.8 Å². The van der Waals surface area contributed by atoms with Gasteiger partial charge in [-0.05, 0) is 44.6 Å². The van der Waals surface area contributed by atoms with Crippen molar-refractivity contribution in [2.75, 3.05) is 26.7 Å². The van der Waals surface area contributed by atoms with Crippen molar-refractivity contribution in [2.24, 2.45) is 11.8 Å². The number of urea groups is 1. The van der Waals surface area contributed by atoms with Crippen LogP contribution in [0.1, 0.15) is 50.6 Å². The third kappa shape index (κ3) is 5.42. The van der Waals surface area contributed by atoms with Gasteiger partial charge in [-0.2, -0.15) is 0 Å². The van der Waals surface area contributed by atoms with Crippen LogP contribution in [0, 0.1) is 11.8 Å². The molecule has 0 radical (unpaired) electrons. The number of hydrogen-bond donors (Lipinski definition) is 2. The van der Waals surface area contributed by atoms with Gasteiger partial charge in [-0.3, -0.25) is 4.68 Å². The molecule has 1 aliphatic carbocycles. The molecule has 140 valence electrons. The van der Waals surface area contributed by atoms with E-state index in [9.17, 15) is 4.79 Å². The zero-order chi connectivity index (χ0) is 17.5. The van der Waals surface area contributed by atoms with Crippen molar-refractivity contribution in [1.29, 1.82) is 0 Å². The molecule has 7 nitrogen and oxygen atoms in total. The molecule has 0 spiro atoms. The normalized spacial score (nSPS) is 20.0. The van der Waals surface area contributed by atoms with Crippen molar-refractivity contribution >= 4 is 6.03 Å². The number of hydrogen-bond acceptors (Lipinski definition) is 4. The van der Waals surface area contributed by atoms with Gasteiger partial charge in [-0.25, -0.2) is 4.79 Å². The molecule has 1 saturated heterocycles. The molecule has 2 heterocycles. The SMILES string of the molecule is CNCc1cn(CC2CCN(C(=O)NCC3CCCCC3)CC2)nn1. The molecular weight excluding hydrogens is 316 g/mol. The highest BCUT2D eigenvalue weighted by Crippen LogP contribution is 2.23. The molecule has 2 N–H and O–H groups in total. The van der Waals surface area contributed by atoms with Crippen molar-refractivity contribution in [3.8, 4) is 0 Å². The molecular formula is C18H32N6O. The van der Waals surface area contributed by atoms with Crippen LogP contribution in [-0.4, -0.2) is 52.6 Å². The van der Waals surface area contributed by atoms with Gasteiger partial charge in [0.15, 0.2) is 0 Å². The average molecular weight is 348 g/mol. The van der Waals surface area contributed by atoms with Crippen LogP contribution >= 0.6 is 0 Å². The zero-order valence-electron chi connectivity index (χ0n) is 15.4. The van der Waals surface area contributed by atoms with Gasteiger partial charge in [-0.15, -0.1) is 5.10 Å². The van der Waals surface area contributed by atoms with Gasteiger partial charge in [-0.1, -0.05) is 24.5 Å². The van der Waals surface area contributed by atoms with Crippen LogP contribution in [0.3, 0.4) is 0 Å². The number of carbonyl (C=O) groups is 1. The van der Waals surface area contributed by atoms with Crippen molar-refractivity contribution in [3.05, 3.63) is 11.9 Å². The molecule has 25 heavy (non-hydrogen) atoms. The lowest BCUT2D eigenvalue weighted by Crippen LogP contribution is -2.46. The molecule has 1 saturated carbocycles. The number of likely N-dealkylation sites (tertiary alicyclic amines) is 1. The Morgan fingerprint density at radius 1 is 1.16 bits per heavy atom. The first-order valence-corrected chi connectivity index (χ1v) is 9.81. The Morgan fingerprint density at radius 2 is 1.92 bits per heavy atom. The van der Waals surface area contributed by atoms with Gasteiger partial charge in [0.05, 0.1) is 5.69 Å². The van der Waals surface area contributed by atoms with E-state index in [2.05, 4.69) is 20.9 Å². The molecule has 1 aliphatic heterocycles. The molecule has 1 aromatic rings. The predicted molar refractivity (Wildman–Crippen MR) is 97.1 cm³/mol. The first-order valence-electron chi connectivity index (χ1n) is 9.81. The van der Waals surface area contributed by atoms with Gasteiger partial charge in [0.25, 0.3) is 0 Å². The summed E-state index contributed by atoms with van der Waals surface area (Å²) in [7, 11) is 1.91. The first-order chi connectivity index (χ1) is 12.2. The quantitative estimate of drug-likeness (QED) is 0.824. The molecule has 0 atom stereocenters. The predicted octanol–water partition coefficient (Wildman–Crippen LogP) is 2.00. The van der Waals surface area contributed by atoms with Gasteiger partial charge >= 0.3 is 6.03 Å². The fourth-order valence-electron chi connectivity index (χ4n) is 4.01. The molecule has 1 aromatic heterocycles. The number of nitrogens with zero attached hydrogens (tertiary/aromatic N) is 4. The molecule has 0 aromatic carbocycles. The summed E-state index contributed by atoms with van der Waals surface area (Å²) in [5.74, 6) is 1.26. The lowest BCUT2D eigenvalue weighted by Gasteiger charge is -2.32. The molecule has 0 unspecified atom stereocenters. The molecule has 2 amide bonds. The molecule has 7 heteroatoms. The number of nitrogens with one attached hydrogen (secondary N) is 2. The van der Waals surface area contributed by atoms with Crippen LogP contribution in [0.2, 0.25) is 0 Å². The minimum atomic E-state index is 0.126. The van der Waals surface area contributed by atoms with Crippen molar-refractivity contribution in [1.82, 2.24) is 30.5 Å². The Labute approximate surface area is 150 Å². The highest BCUT2D eigenvalue weighted by Gasteiger charge is 2.24. The van der Waals surface area contributed by atoms with Crippen LogP contribution in [0.4, 0.5) is 4.79 Å². The number of amides is 2. The van der Waals surface area contributed by atoms with Crippen molar-refractivity contribution in [2.45, 2.75) is 58.0 Å². The summed E-state index contributed by atoms with van der Waals surface area (Å²) in [5.41, 5.74) is 0.974. The minimum Gasteiger partial charge on any atom is -0.338 e. The number of piperidine rings is 1. The molecule has 3 rings (SSSR count). The van der Waals surface area contributed by atoms with E-state index >= 15 is 0 Å². The maximum Gasteiger partial charge on any atom is 0.317 e. The number of rotatable bonds is 6. The Balaban J connectivity index is 1.36. The van der Waals surface area contributed by atoms with E-state index in [1.165, 1.54) is 32.1 Å². The maximum absolute atomic E-state index is 12.4. The second-order valence-corrected chi connectivity index (χ2v) is 7.58. The number of aromatic nitrogens is 3. The van der Waals surface area contributed by atoms with Crippen LogP contribution < -0.4 is 10.6 Å². The Hall–Kier alpha value is -1.63. The highest BCUT2D eigenvalue weighted by atomic mass is 16.2. The van der Waals surface area contributed by atoms with E-state index in [-0.39, 0.29) is 6.03 Å². The summed E-state index contributed by atoms with van der Waals surface area (Å²) < 4.78 is 1.94. The summed E-state index contributed by atoms with van der Waals surface area (Å²) in [4.78, 5) is 14.3. The Morgan fingerprint density at radius 3 is 2.64 bits per heavy atom. The maximum atomic E-state index is 12.4. The van der Waals surface area contributed by atoms with Gasteiger partial charge in [0.2, 0.25) is 0 Å². The molecule has 2 aliphatic rings. The standard InChI is InChI=1S/C18H32N6O/c1-19-12-17-14-24(22-21-17)13-16-7-9-23(10-8-16)18(25)20-11-15-5-3-2-4-6-15/h14-16,19H,2-13H2,1H3,(H,20,25). The Kier molecular flexibility index (Phi) is 6.67. The molecule has 0 bridgehead atoms. The second-order valence-electron chi connectivity index (χ2n) is 7.58. The third-order valence-electron chi connectivity index (χ3n) is 5.56. The number of carbonyl (C=O) groups excluding carboxylic acids is 1. The Bertz CT molecular complexity index is 531. The lowest BCUT2D eigenvalue weighted by molar-refractivity contribution is 0.161. The summed E-state index contributed by atoms with van der Waals surface area (Å²) in [6.07, 6.45) is 10.6. The van der Waals surface area contributed by atoms with E-state index in [0.717, 1.165) is 51.3 Å². The van der Waals surface area contributed by atoms with Crippen LogP contribution in [-0.2, 0) is 13.1 Å². The van der Waals surface area contributed by atoms with Gasteiger partial charge in [0.1, 0.15) is 0 Å². The third-order valence-corrected chi connectivity index (χ3v) is 5.56. The monoisotopic (exact) mass is 348 g/mol. The smallest absolute Gasteiger partial charge is 0.317 e. The second kappa shape index (κ2) is 9.17. The van der Waals surface area contributed by atoms with E-state index < -0.39 is 0 Å². The van der Waals surface area contributed by atoms with Crippen molar-refractivity contribution in [3.63, 3.8) is 0 Å². The highest BCUT2D eigenvalue weighted by molar-refractivity contribution is 5.74. The largest absolute Gasteiger partial charge is 0.338 e. The minimum absolute atomic E-state index is 0.126. The summed E-state index contributed by atoms with van der Waals surface area (Å²) >= 11 is 0. The van der Waals surface area contributed by atoms with Crippen LogP contribution in [0.5, 0.6) is 0 Å². The van der Waals surface area contributed by atoms with E-state index in [1.807, 2.05) is 22.8 Å². The van der Waals surface area contributed by atoms with Crippen LogP contribution in [0.15, 0.2) is 6.20 Å². The van der Waals surface area contributed by atoms with E-state index in [1.54, 1.807) is 0 Å². The average Bonchev–Trinajstić information content (AvgIpc) is 3.08. The zero-order valence-corrected chi connectivity index (χ0v) is 15.4. The summed E-state index contributed by atoms with van der Waals surface area (Å²) in [5, 5.41) is 14.6. The van der Waals surface area contributed by atoms with Gasteiger partial charge in [0, 0.05) is 38.9 Å². The first kappa shape index (κ1) is 18.2. The fourth-order valence-corrected chi connectivity index (χ4v) is 4.01. The molecule has 2 fully saturated rings.